The molecule has 0 saturated carbocycles. The van der Waals surface area contributed by atoms with E-state index < -0.39 is 6.03 Å². The van der Waals surface area contributed by atoms with Crippen LogP contribution in [-0.4, -0.2) is 16.8 Å². The number of nitrogens with zero attached hydrogens (tertiary/aromatic N) is 1. The van der Waals surface area contributed by atoms with Crippen LogP contribution in [0.3, 0.4) is 0 Å². The zero-order valence-corrected chi connectivity index (χ0v) is 15.1. The molecule has 0 bridgehead atoms. The van der Waals surface area contributed by atoms with Crippen LogP contribution in [0.4, 0.5) is 4.79 Å². The van der Waals surface area contributed by atoms with Crippen LogP contribution in [0.2, 0.25) is 0 Å². The zero-order valence-electron chi connectivity index (χ0n) is 11.9. The molecule has 0 spiro atoms. The molecule has 2 aromatic rings. The quantitative estimate of drug-likeness (QED) is 0.577. The molecule has 1 aliphatic rings. The predicted molar refractivity (Wildman–Crippen MR) is 95.3 cm³/mol. The lowest BCUT2D eigenvalue weighted by molar-refractivity contribution is -0.123. The third-order valence-corrected chi connectivity index (χ3v) is 4.67. The van der Waals surface area contributed by atoms with E-state index in [1.807, 2.05) is 48.5 Å². The molecule has 1 aliphatic heterocycles. The smallest absolute Gasteiger partial charge is 0.303 e. The number of benzene rings is 2. The Morgan fingerprint density at radius 3 is 2.39 bits per heavy atom. The van der Waals surface area contributed by atoms with Gasteiger partial charge < -0.3 is 5.32 Å². The standard InChI is InChI=1S/C17H12Br2N2O2/c18-13-7-5-11(6-8-13)10-21-16(22)15(20-17(21)23)9-12-3-1-2-4-14(12)19/h1-9H,10H2,(H,20,23)/b15-9+. The number of nitrogens with one attached hydrogen (secondary N) is 1. The number of amides is 3. The van der Waals surface area contributed by atoms with Gasteiger partial charge in [-0.1, -0.05) is 62.2 Å². The minimum absolute atomic E-state index is 0.241. The molecule has 1 saturated heterocycles. The second-order valence-electron chi connectivity index (χ2n) is 5.03. The first kappa shape index (κ1) is 16.0. The van der Waals surface area contributed by atoms with Crippen LogP contribution in [0.5, 0.6) is 0 Å². The van der Waals surface area contributed by atoms with Crippen LogP contribution in [-0.2, 0) is 11.3 Å². The van der Waals surface area contributed by atoms with E-state index >= 15 is 0 Å². The summed E-state index contributed by atoms with van der Waals surface area (Å²) in [7, 11) is 0. The molecular weight excluding hydrogens is 424 g/mol. The number of urea groups is 1. The average Bonchev–Trinajstić information content (AvgIpc) is 2.79. The number of carbonyl (C=O) groups is 2. The van der Waals surface area contributed by atoms with Crippen molar-refractivity contribution < 1.29 is 9.59 Å². The van der Waals surface area contributed by atoms with Crippen molar-refractivity contribution in [2.24, 2.45) is 0 Å². The number of hydrogen-bond donors (Lipinski definition) is 1. The summed E-state index contributed by atoms with van der Waals surface area (Å²) in [5.74, 6) is -0.325. The van der Waals surface area contributed by atoms with Crippen LogP contribution in [0, 0.1) is 0 Å². The molecule has 0 aromatic heterocycles. The Labute approximate surface area is 150 Å². The van der Waals surface area contributed by atoms with Gasteiger partial charge in [0.1, 0.15) is 5.70 Å². The van der Waals surface area contributed by atoms with Crippen molar-refractivity contribution in [3.8, 4) is 0 Å². The van der Waals surface area contributed by atoms with Crippen molar-refractivity contribution in [2.75, 3.05) is 0 Å². The van der Waals surface area contributed by atoms with Crippen molar-refractivity contribution >= 4 is 49.9 Å². The molecule has 0 atom stereocenters. The Balaban J connectivity index is 1.82. The van der Waals surface area contributed by atoms with Crippen molar-refractivity contribution in [1.82, 2.24) is 10.2 Å². The molecule has 4 nitrogen and oxygen atoms in total. The lowest BCUT2D eigenvalue weighted by Crippen LogP contribution is -2.30. The van der Waals surface area contributed by atoms with E-state index in [2.05, 4.69) is 37.2 Å². The summed E-state index contributed by atoms with van der Waals surface area (Å²) < 4.78 is 1.81. The number of rotatable bonds is 3. The van der Waals surface area contributed by atoms with Gasteiger partial charge in [0.15, 0.2) is 0 Å². The van der Waals surface area contributed by atoms with Gasteiger partial charge in [-0.25, -0.2) is 4.79 Å². The van der Waals surface area contributed by atoms with Crippen molar-refractivity contribution in [1.29, 1.82) is 0 Å². The van der Waals surface area contributed by atoms with Crippen LogP contribution in [0.25, 0.3) is 6.08 Å². The molecular formula is C17H12Br2N2O2. The number of halogens is 2. The monoisotopic (exact) mass is 434 g/mol. The minimum atomic E-state index is -0.406. The number of carbonyl (C=O) groups excluding carboxylic acids is 2. The Hall–Kier alpha value is -1.92. The summed E-state index contributed by atoms with van der Waals surface area (Å²) in [5, 5.41) is 2.63. The van der Waals surface area contributed by atoms with Gasteiger partial charge in [0, 0.05) is 8.95 Å². The van der Waals surface area contributed by atoms with Crippen LogP contribution in [0.1, 0.15) is 11.1 Å². The Morgan fingerprint density at radius 2 is 1.70 bits per heavy atom. The zero-order chi connectivity index (χ0) is 16.4. The molecule has 1 fully saturated rings. The molecule has 1 N–H and O–H groups in total. The first-order valence-corrected chi connectivity index (χ1v) is 8.47. The molecule has 3 amide bonds. The summed E-state index contributed by atoms with van der Waals surface area (Å²) in [4.78, 5) is 25.7. The Kier molecular flexibility index (Phi) is 4.63. The Bertz CT molecular complexity index is 800. The number of hydrogen-bond acceptors (Lipinski definition) is 2. The fourth-order valence-corrected chi connectivity index (χ4v) is 2.90. The van der Waals surface area contributed by atoms with Crippen LogP contribution in [0.15, 0.2) is 63.2 Å². The van der Waals surface area contributed by atoms with Gasteiger partial charge in [-0.2, -0.15) is 0 Å². The van der Waals surface area contributed by atoms with E-state index in [4.69, 9.17) is 0 Å². The predicted octanol–water partition coefficient (Wildman–Crippen LogP) is 4.30. The van der Waals surface area contributed by atoms with E-state index in [9.17, 15) is 9.59 Å². The molecule has 0 unspecified atom stereocenters. The molecule has 3 rings (SSSR count). The fourth-order valence-electron chi connectivity index (χ4n) is 2.24. The molecule has 0 radical (unpaired) electrons. The lowest BCUT2D eigenvalue weighted by atomic mass is 10.2. The molecule has 2 aromatic carbocycles. The highest BCUT2D eigenvalue weighted by Gasteiger charge is 2.33. The molecule has 6 heteroatoms. The molecule has 23 heavy (non-hydrogen) atoms. The number of imide groups is 1. The average molecular weight is 436 g/mol. The van der Waals surface area contributed by atoms with Gasteiger partial charge >= 0.3 is 6.03 Å². The van der Waals surface area contributed by atoms with Crippen LogP contribution < -0.4 is 5.32 Å². The first-order valence-electron chi connectivity index (χ1n) is 6.88. The highest BCUT2D eigenvalue weighted by Crippen LogP contribution is 2.22. The van der Waals surface area contributed by atoms with E-state index in [1.165, 1.54) is 4.90 Å². The van der Waals surface area contributed by atoms with Gasteiger partial charge in [-0.15, -0.1) is 0 Å². The van der Waals surface area contributed by atoms with Crippen molar-refractivity contribution in [2.45, 2.75) is 6.54 Å². The van der Waals surface area contributed by atoms with Gasteiger partial charge in [-0.05, 0) is 35.4 Å². The second kappa shape index (κ2) is 6.68. The molecule has 116 valence electrons. The SMILES string of the molecule is O=C1N/C(=C/c2ccccc2Br)C(=O)N1Cc1ccc(Br)cc1. The van der Waals surface area contributed by atoms with Crippen LogP contribution >= 0.6 is 31.9 Å². The third-order valence-electron chi connectivity index (χ3n) is 3.42. The lowest BCUT2D eigenvalue weighted by Gasteiger charge is -2.11. The highest BCUT2D eigenvalue weighted by atomic mass is 79.9. The topological polar surface area (TPSA) is 49.4 Å². The van der Waals surface area contributed by atoms with E-state index in [1.54, 1.807) is 6.08 Å². The van der Waals surface area contributed by atoms with Gasteiger partial charge in [0.2, 0.25) is 0 Å². The maximum atomic E-state index is 12.5. The Morgan fingerprint density at radius 1 is 1.00 bits per heavy atom. The highest BCUT2D eigenvalue weighted by molar-refractivity contribution is 9.10. The van der Waals surface area contributed by atoms with Crippen molar-refractivity contribution in [3.63, 3.8) is 0 Å². The third kappa shape index (κ3) is 3.54. The normalized spacial score (nSPS) is 16.1. The molecule has 1 heterocycles. The van der Waals surface area contributed by atoms with Crippen molar-refractivity contribution in [3.05, 3.63) is 74.3 Å². The maximum absolute atomic E-state index is 12.5. The van der Waals surface area contributed by atoms with E-state index in [-0.39, 0.29) is 18.1 Å². The summed E-state index contributed by atoms with van der Waals surface area (Å²) in [6.07, 6.45) is 1.67. The second-order valence-corrected chi connectivity index (χ2v) is 6.80. The summed E-state index contributed by atoms with van der Waals surface area (Å²) in [5.41, 5.74) is 2.00. The largest absolute Gasteiger partial charge is 0.329 e. The van der Waals surface area contributed by atoms with E-state index in [0.717, 1.165) is 20.1 Å². The van der Waals surface area contributed by atoms with Gasteiger partial charge in [0.25, 0.3) is 5.91 Å². The fraction of sp³-hybridized carbons (Fsp3) is 0.0588. The summed E-state index contributed by atoms with van der Waals surface area (Å²) in [6, 6.07) is 14.6. The summed E-state index contributed by atoms with van der Waals surface area (Å²) >= 11 is 6.79. The summed E-state index contributed by atoms with van der Waals surface area (Å²) in [6.45, 7) is 0.241. The first-order chi connectivity index (χ1) is 11.0. The maximum Gasteiger partial charge on any atom is 0.329 e. The van der Waals surface area contributed by atoms with E-state index in [0.29, 0.717) is 0 Å². The molecule has 0 aliphatic carbocycles. The minimum Gasteiger partial charge on any atom is -0.303 e. The van der Waals surface area contributed by atoms with Gasteiger partial charge in [0.05, 0.1) is 6.54 Å². The van der Waals surface area contributed by atoms with Gasteiger partial charge in [-0.3, -0.25) is 9.69 Å².